The minimum atomic E-state index is 0.295. The van der Waals surface area contributed by atoms with Gasteiger partial charge in [-0.25, -0.2) is 9.97 Å². The van der Waals surface area contributed by atoms with Crippen molar-refractivity contribution < 1.29 is 4.74 Å². The summed E-state index contributed by atoms with van der Waals surface area (Å²) < 4.78 is 5.02. The zero-order chi connectivity index (χ0) is 9.68. The molecule has 0 unspecified atom stereocenters. The molecular formula is C8H10ClN3O. The van der Waals surface area contributed by atoms with Crippen LogP contribution in [0.15, 0.2) is 19.0 Å². The summed E-state index contributed by atoms with van der Waals surface area (Å²) in [4.78, 5) is 7.75. The van der Waals surface area contributed by atoms with Crippen molar-refractivity contribution in [3.63, 3.8) is 0 Å². The summed E-state index contributed by atoms with van der Waals surface area (Å²) in [6, 6.07) is 0. The predicted molar refractivity (Wildman–Crippen MR) is 52.3 cm³/mol. The largest absolute Gasteiger partial charge is 0.490 e. The van der Waals surface area contributed by atoms with E-state index in [2.05, 4.69) is 21.9 Å². The lowest BCUT2D eigenvalue weighted by Gasteiger charge is -2.08. The maximum atomic E-state index is 5.77. The molecule has 70 valence electrons. The normalized spacial score (nSPS) is 9.38. The zero-order valence-corrected chi connectivity index (χ0v) is 8.01. The lowest BCUT2D eigenvalue weighted by molar-refractivity contribution is 0.413. The van der Waals surface area contributed by atoms with Gasteiger partial charge in [0.05, 0.1) is 7.11 Å². The minimum absolute atomic E-state index is 0.295. The average Bonchev–Trinajstić information content (AvgIpc) is 2.15. The highest BCUT2D eigenvalue weighted by Crippen LogP contribution is 2.27. The topological polar surface area (TPSA) is 47.0 Å². The summed E-state index contributed by atoms with van der Waals surface area (Å²) in [6.45, 7) is 4.17. The number of anilines is 1. The van der Waals surface area contributed by atoms with Crippen LogP contribution in [0.2, 0.25) is 5.15 Å². The molecular weight excluding hydrogens is 190 g/mol. The van der Waals surface area contributed by atoms with E-state index in [9.17, 15) is 0 Å². The molecule has 0 aliphatic rings. The molecule has 0 fully saturated rings. The highest BCUT2D eigenvalue weighted by atomic mass is 35.5. The van der Waals surface area contributed by atoms with E-state index >= 15 is 0 Å². The molecule has 13 heavy (non-hydrogen) atoms. The molecule has 0 saturated carbocycles. The summed E-state index contributed by atoms with van der Waals surface area (Å²) in [7, 11) is 1.52. The smallest absolute Gasteiger partial charge is 0.198 e. The van der Waals surface area contributed by atoms with Gasteiger partial charge in [-0.15, -0.1) is 6.58 Å². The van der Waals surface area contributed by atoms with Crippen molar-refractivity contribution in [3.8, 4) is 5.75 Å². The van der Waals surface area contributed by atoms with Crippen molar-refractivity contribution in [2.24, 2.45) is 0 Å². The molecule has 0 aliphatic carbocycles. The molecule has 1 aromatic heterocycles. The van der Waals surface area contributed by atoms with Crippen molar-refractivity contribution in [1.82, 2.24) is 9.97 Å². The fraction of sp³-hybridized carbons (Fsp3) is 0.250. The minimum Gasteiger partial charge on any atom is -0.490 e. The van der Waals surface area contributed by atoms with Crippen LogP contribution in [0.5, 0.6) is 5.75 Å². The van der Waals surface area contributed by atoms with Gasteiger partial charge in [0, 0.05) is 6.54 Å². The van der Waals surface area contributed by atoms with E-state index in [4.69, 9.17) is 16.3 Å². The molecule has 1 aromatic rings. The number of halogens is 1. The molecule has 4 nitrogen and oxygen atoms in total. The summed E-state index contributed by atoms with van der Waals surface area (Å²) in [5, 5.41) is 3.27. The van der Waals surface area contributed by atoms with Crippen LogP contribution in [0.4, 0.5) is 5.82 Å². The van der Waals surface area contributed by atoms with E-state index in [-0.39, 0.29) is 0 Å². The Labute approximate surface area is 81.6 Å². The number of ether oxygens (including phenoxy) is 1. The van der Waals surface area contributed by atoms with Gasteiger partial charge in [0.25, 0.3) is 0 Å². The van der Waals surface area contributed by atoms with Crippen LogP contribution < -0.4 is 10.1 Å². The third kappa shape index (κ3) is 2.32. The number of hydrogen-bond acceptors (Lipinski definition) is 4. The summed E-state index contributed by atoms with van der Waals surface area (Å²) >= 11 is 5.77. The van der Waals surface area contributed by atoms with Crippen LogP contribution in [-0.4, -0.2) is 23.6 Å². The quantitative estimate of drug-likeness (QED) is 0.593. The highest BCUT2D eigenvalue weighted by Gasteiger charge is 2.08. The van der Waals surface area contributed by atoms with Gasteiger partial charge in [0.1, 0.15) is 6.33 Å². The van der Waals surface area contributed by atoms with E-state index in [1.807, 2.05) is 0 Å². The van der Waals surface area contributed by atoms with Crippen LogP contribution >= 0.6 is 11.6 Å². The van der Waals surface area contributed by atoms with E-state index in [0.717, 1.165) is 0 Å². The van der Waals surface area contributed by atoms with Crippen LogP contribution in [0.25, 0.3) is 0 Å². The Morgan fingerprint density at radius 3 is 3.08 bits per heavy atom. The van der Waals surface area contributed by atoms with E-state index < -0.39 is 0 Å². The molecule has 0 radical (unpaired) electrons. The van der Waals surface area contributed by atoms with Gasteiger partial charge >= 0.3 is 0 Å². The predicted octanol–water partition coefficient (Wildman–Crippen LogP) is 1.74. The molecule has 0 spiro atoms. The second kappa shape index (κ2) is 4.67. The fourth-order valence-electron chi connectivity index (χ4n) is 0.828. The molecule has 0 bridgehead atoms. The third-order valence-corrected chi connectivity index (χ3v) is 1.65. The summed E-state index contributed by atoms with van der Waals surface area (Å²) in [6.07, 6.45) is 3.09. The van der Waals surface area contributed by atoms with Gasteiger partial charge in [0.2, 0.25) is 0 Å². The zero-order valence-electron chi connectivity index (χ0n) is 7.25. The molecule has 5 heteroatoms. The standard InChI is InChI=1S/C8H10ClN3O/c1-3-4-10-8-6(13-2)7(9)11-5-12-8/h3,5H,1,4H2,2H3,(H,10,11,12). The molecule has 0 saturated heterocycles. The third-order valence-electron chi connectivity index (χ3n) is 1.38. The molecule has 1 N–H and O–H groups in total. The van der Waals surface area contributed by atoms with E-state index in [0.29, 0.717) is 23.3 Å². The number of methoxy groups -OCH3 is 1. The molecule has 0 atom stereocenters. The van der Waals surface area contributed by atoms with E-state index in [1.54, 1.807) is 6.08 Å². The Bertz CT molecular complexity index is 303. The van der Waals surface area contributed by atoms with Gasteiger partial charge in [0.15, 0.2) is 16.7 Å². The van der Waals surface area contributed by atoms with Crippen molar-refractivity contribution in [2.75, 3.05) is 19.0 Å². The second-order valence-corrected chi connectivity index (χ2v) is 2.57. The average molecular weight is 200 g/mol. The summed E-state index contributed by atoms with van der Waals surface area (Å²) in [5.74, 6) is 1.02. The van der Waals surface area contributed by atoms with Crippen molar-refractivity contribution in [2.45, 2.75) is 0 Å². The summed E-state index contributed by atoms with van der Waals surface area (Å²) in [5.41, 5.74) is 0. The molecule has 0 amide bonds. The maximum Gasteiger partial charge on any atom is 0.198 e. The van der Waals surface area contributed by atoms with Gasteiger partial charge in [-0.3, -0.25) is 0 Å². The van der Waals surface area contributed by atoms with Crippen molar-refractivity contribution in [3.05, 3.63) is 24.1 Å². The number of aromatic nitrogens is 2. The SMILES string of the molecule is C=CCNc1ncnc(Cl)c1OC. The van der Waals surface area contributed by atoms with Crippen LogP contribution in [0.3, 0.4) is 0 Å². The Balaban J connectivity index is 2.91. The number of nitrogens with zero attached hydrogens (tertiary/aromatic N) is 2. The molecule has 1 heterocycles. The molecule has 0 aromatic carbocycles. The first-order valence-corrected chi connectivity index (χ1v) is 4.06. The number of rotatable bonds is 4. The number of hydrogen-bond donors (Lipinski definition) is 1. The highest BCUT2D eigenvalue weighted by molar-refractivity contribution is 6.31. The van der Waals surface area contributed by atoms with Gasteiger partial charge < -0.3 is 10.1 Å². The van der Waals surface area contributed by atoms with Crippen molar-refractivity contribution in [1.29, 1.82) is 0 Å². The molecule has 1 rings (SSSR count). The second-order valence-electron chi connectivity index (χ2n) is 2.22. The lowest BCUT2D eigenvalue weighted by atomic mass is 10.5. The first kappa shape index (κ1) is 9.80. The van der Waals surface area contributed by atoms with Crippen LogP contribution in [0.1, 0.15) is 0 Å². The van der Waals surface area contributed by atoms with Crippen LogP contribution in [-0.2, 0) is 0 Å². The maximum absolute atomic E-state index is 5.77. The Hall–Kier alpha value is -1.29. The fourth-order valence-corrected chi connectivity index (χ4v) is 1.04. The monoisotopic (exact) mass is 199 g/mol. The number of nitrogens with one attached hydrogen (secondary N) is 1. The molecule has 0 aliphatic heterocycles. The Kier molecular flexibility index (Phi) is 3.52. The van der Waals surface area contributed by atoms with Gasteiger partial charge in [-0.05, 0) is 0 Å². The van der Waals surface area contributed by atoms with E-state index in [1.165, 1.54) is 13.4 Å². The van der Waals surface area contributed by atoms with Crippen molar-refractivity contribution >= 4 is 17.4 Å². The van der Waals surface area contributed by atoms with Crippen LogP contribution in [0, 0.1) is 0 Å². The van der Waals surface area contributed by atoms with Gasteiger partial charge in [-0.1, -0.05) is 17.7 Å². The Morgan fingerprint density at radius 1 is 1.69 bits per heavy atom. The van der Waals surface area contributed by atoms with Gasteiger partial charge in [-0.2, -0.15) is 0 Å². The first-order chi connectivity index (χ1) is 6.29. The lowest BCUT2D eigenvalue weighted by Crippen LogP contribution is -2.03. The first-order valence-electron chi connectivity index (χ1n) is 3.69. The Morgan fingerprint density at radius 2 is 2.46 bits per heavy atom.